The maximum Gasteiger partial charge on any atom is 0.169 e. The first-order valence-corrected chi connectivity index (χ1v) is 9.36. The second-order valence-electron chi connectivity index (χ2n) is 8.45. The van der Waals surface area contributed by atoms with E-state index in [1.54, 1.807) is 0 Å². The third-order valence-electron chi connectivity index (χ3n) is 6.80. The van der Waals surface area contributed by atoms with Crippen molar-refractivity contribution in [1.29, 1.82) is 0 Å². The van der Waals surface area contributed by atoms with Gasteiger partial charge in [0.15, 0.2) is 5.78 Å². The third-order valence-corrected chi connectivity index (χ3v) is 6.80. The Morgan fingerprint density at radius 2 is 1.96 bits per heavy atom. The minimum Gasteiger partial charge on any atom is -0.294 e. The lowest BCUT2D eigenvalue weighted by Gasteiger charge is -2.38. The maximum atomic E-state index is 13.5. The Hall–Kier alpha value is -1.89. The molecule has 2 bridgehead atoms. The molecule has 0 saturated heterocycles. The van der Waals surface area contributed by atoms with Crippen LogP contribution in [0, 0.1) is 17.3 Å². The van der Waals surface area contributed by atoms with Gasteiger partial charge < -0.3 is 0 Å². The molecule has 2 aromatic carbocycles. The minimum absolute atomic E-state index is 0.0875. The molecule has 1 fully saturated rings. The fourth-order valence-corrected chi connectivity index (χ4v) is 5.38. The number of benzene rings is 2. The first-order valence-electron chi connectivity index (χ1n) is 9.36. The van der Waals surface area contributed by atoms with Gasteiger partial charge in [0.25, 0.3) is 0 Å². The van der Waals surface area contributed by atoms with Gasteiger partial charge in [0, 0.05) is 11.0 Å². The van der Waals surface area contributed by atoms with Gasteiger partial charge in [-0.25, -0.2) is 0 Å². The summed E-state index contributed by atoms with van der Waals surface area (Å²) in [5, 5.41) is 2.50. The fraction of sp³-hybridized carbons (Fsp3) is 0.435. The van der Waals surface area contributed by atoms with E-state index >= 15 is 0 Å². The number of aryl methyl sites for hydroxylation is 1. The molecule has 1 saturated carbocycles. The van der Waals surface area contributed by atoms with Gasteiger partial charge in [0.1, 0.15) is 0 Å². The second-order valence-corrected chi connectivity index (χ2v) is 8.45. The Kier molecular flexibility index (Phi) is 2.90. The number of hydrogen-bond acceptors (Lipinski definition) is 1. The largest absolute Gasteiger partial charge is 0.294 e. The van der Waals surface area contributed by atoms with Crippen molar-refractivity contribution in [3.8, 4) is 0 Å². The number of Topliss-reactive ketones (excluding diaryl/α,β-unsaturated/α-hetero) is 1. The molecule has 0 amide bonds. The highest BCUT2D eigenvalue weighted by Gasteiger charge is 2.54. The summed E-state index contributed by atoms with van der Waals surface area (Å²) in [6.07, 6.45) is 9.05. The Morgan fingerprint density at radius 3 is 2.67 bits per heavy atom. The molecule has 3 atom stereocenters. The van der Waals surface area contributed by atoms with Crippen molar-refractivity contribution in [3.05, 3.63) is 59.2 Å². The zero-order valence-corrected chi connectivity index (χ0v) is 14.5. The first kappa shape index (κ1) is 14.5. The zero-order valence-electron chi connectivity index (χ0n) is 14.5. The summed E-state index contributed by atoms with van der Waals surface area (Å²) >= 11 is 0. The van der Waals surface area contributed by atoms with E-state index < -0.39 is 0 Å². The van der Waals surface area contributed by atoms with Crippen LogP contribution in [0.3, 0.4) is 0 Å². The Labute approximate surface area is 143 Å². The van der Waals surface area contributed by atoms with Gasteiger partial charge >= 0.3 is 0 Å². The molecule has 3 aliphatic carbocycles. The monoisotopic (exact) mass is 316 g/mol. The third kappa shape index (κ3) is 1.84. The van der Waals surface area contributed by atoms with Crippen LogP contribution in [0.25, 0.3) is 10.8 Å². The highest BCUT2D eigenvalue weighted by Crippen LogP contribution is 2.57. The fourth-order valence-electron chi connectivity index (χ4n) is 5.38. The van der Waals surface area contributed by atoms with Crippen LogP contribution in [0.5, 0.6) is 0 Å². The SMILES string of the molecule is CC(C)c1ccc2cc3c(cc2c1)C(=O)C1(CC3)CC2C=CC1C2. The topological polar surface area (TPSA) is 17.1 Å². The highest BCUT2D eigenvalue weighted by molar-refractivity contribution is 6.06. The standard InChI is InChI=1S/C23H24O/c1-14(2)16-4-5-17-11-18-7-8-23(13-15-3-6-20(23)9-15)22(24)21(18)12-19(17)10-16/h3-6,10-12,14-15,20H,7-9,13H2,1-2H3. The lowest BCUT2D eigenvalue weighted by Crippen LogP contribution is -2.39. The molecule has 0 aliphatic heterocycles. The summed E-state index contributed by atoms with van der Waals surface area (Å²) in [6, 6.07) is 11.2. The summed E-state index contributed by atoms with van der Waals surface area (Å²) in [6.45, 7) is 4.45. The van der Waals surface area contributed by atoms with Crippen LogP contribution in [0.2, 0.25) is 0 Å². The number of carbonyl (C=O) groups is 1. The molecule has 5 rings (SSSR count). The molecule has 1 heteroatoms. The molecule has 3 aliphatic rings. The Bertz CT molecular complexity index is 888. The molecule has 0 radical (unpaired) electrons. The summed E-state index contributed by atoms with van der Waals surface area (Å²) in [4.78, 5) is 13.5. The quantitative estimate of drug-likeness (QED) is 0.619. The molecule has 3 unspecified atom stereocenters. The van der Waals surface area contributed by atoms with E-state index in [0.29, 0.717) is 23.5 Å². The predicted molar refractivity (Wildman–Crippen MR) is 98.5 cm³/mol. The maximum absolute atomic E-state index is 13.5. The number of fused-ring (bicyclic) bond motifs is 5. The summed E-state index contributed by atoms with van der Waals surface area (Å²) < 4.78 is 0. The van der Waals surface area contributed by atoms with Gasteiger partial charge in [0.05, 0.1) is 0 Å². The summed E-state index contributed by atoms with van der Waals surface area (Å²) in [7, 11) is 0. The van der Waals surface area contributed by atoms with Crippen molar-refractivity contribution in [2.45, 2.75) is 45.4 Å². The van der Waals surface area contributed by atoms with Crippen LogP contribution >= 0.6 is 0 Å². The zero-order chi connectivity index (χ0) is 16.5. The van der Waals surface area contributed by atoms with E-state index in [-0.39, 0.29) is 5.41 Å². The molecule has 0 heterocycles. The highest BCUT2D eigenvalue weighted by atomic mass is 16.1. The average molecular weight is 316 g/mol. The predicted octanol–water partition coefficient (Wildman–Crippen LogP) is 5.67. The molecule has 24 heavy (non-hydrogen) atoms. The van der Waals surface area contributed by atoms with Gasteiger partial charge in [-0.3, -0.25) is 4.79 Å². The summed E-state index contributed by atoms with van der Waals surface area (Å²) in [5.74, 6) is 2.08. The van der Waals surface area contributed by atoms with Gasteiger partial charge in [-0.05, 0) is 71.4 Å². The van der Waals surface area contributed by atoms with E-state index in [9.17, 15) is 4.79 Å². The van der Waals surface area contributed by atoms with E-state index in [2.05, 4.69) is 56.3 Å². The Morgan fingerprint density at radius 1 is 1.08 bits per heavy atom. The van der Waals surface area contributed by atoms with Crippen molar-refractivity contribution in [1.82, 2.24) is 0 Å². The number of hydrogen-bond donors (Lipinski definition) is 0. The van der Waals surface area contributed by atoms with Crippen molar-refractivity contribution < 1.29 is 4.79 Å². The molecule has 122 valence electrons. The van der Waals surface area contributed by atoms with E-state index in [1.165, 1.54) is 28.3 Å². The van der Waals surface area contributed by atoms with Crippen LogP contribution < -0.4 is 0 Å². The lowest BCUT2D eigenvalue weighted by molar-refractivity contribution is 0.0703. The van der Waals surface area contributed by atoms with Gasteiger partial charge in [-0.1, -0.05) is 50.3 Å². The van der Waals surface area contributed by atoms with E-state index in [0.717, 1.165) is 24.8 Å². The van der Waals surface area contributed by atoms with Gasteiger partial charge in [0.2, 0.25) is 0 Å². The molecular weight excluding hydrogens is 292 g/mol. The van der Waals surface area contributed by atoms with Crippen LogP contribution in [0.1, 0.15) is 60.5 Å². The van der Waals surface area contributed by atoms with Crippen molar-refractivity contribution in [3.63, 3.8) is 0 Å². The molecule has 1 nitrogen and oxygen atoms in total. The number of allylic oxidation sites excluding steroid dienone is 2. The normalized spacial score (nSPS) is 30.7. The van der Waals surface area contributed by atoms with E-state index in [4.69, 9.17) is 0 Å². The van der Waals surface area contributed by atoms with Crippen LogP contribution in [0.15, 0.2) is 42.5 Å². The minimum atomic E-state index is -0.0875. The molecule has 0 N–H and O–H groups in total. The summed E-state index contributed by atoms with van der Waals surface area (Å²) in [5.41, 5.74) is 3.54. The lowest BCUT2D eigenvalue weighted by atomic mass is 9.63. The van der Waals surface area contributed by atoms with Crippen molar-refractivity contribution in [2.24, 2.45) is 17.3 Å². The van der Waals surface area contributed by atoms with Crippen LogP contribution in [-0.4, -0.2) is 5.78 Å². The second kappa shape index (κ2) is 4.81. The van der Waals surface area contributed by atoms with Crippen molar-refractivity contribution in [2.75, 3.05) is 0 Å². The number of carbonyl (C=O) groups excluding carboxylic acids is 1. The van der Waals surface area contributed by atoms with Gasteiger partial charge in [-0.2, -0.15) is 0 Å². The molecule has 1 spiro atoms. The van der Waals surface area contributed by atoms with Crippen LogP contribution in [-0.2, 0) is 6.42 Å². The number of ketones is 1. The van der Waals surface area contributed by atoms with E-state index in [1.807, 2.05) is 0 Å². The van der Waals surface area contributed by atoms with Crippen molar-refractivity contribution >= 4 is 16.6 Å². The van der Waals surface area contributed by atoms with Gasteiger partial charge in [-0.15, -0.1) is 0 Å². The molecule has 0 aromatic heterocycles. The molecular formula is C23H24O. The van der Waals surface area contributed by atoms with Crippen LogP contribution in [0.4, 0.5) is 0 Å². The average Bonchev–Trinajstić information content (AvgIpc) is 3.18. The smallest absolute Gasteiger partial charge is 0.169 e. The molecule has 2 aromatic rings. The first-order chi connectivity index (χ1) is 11.6. The Balaban J connectivity index is 1.64. The number of rotatable bonds is 1.